The van der Waals surface area contributed by atoms with E-state index in [0.29, 0.717) is 0 Å². The zero-order chi connectivity index (χ0) is 12.6. The first-order valence-corrected chi connectivity index (χ1v) is 6.59. The zero-order valence-corrected chi connectivity index (χ0v) is 11.6. The fraction of sp³-hybridized carbons (Fsp3) is 0.333. The van der Waals surface area contributed by atoms with E-state index < -0.39 is 5.60 Å². The second-order valence-electron chi connectivity index (χ2n) is 4.86. The van der Waals surface area contributed by atoms with Crippen LogP contribution in [0, 0.1) is 20.8 Å². The van der Waals surface area contributed by atoms with Gasteiger partial charge in [0.1, 0.15) is 5.60 Å². The molecule has 17 heavy (non-hydrogen) atoms. The Labute approximate surface area is 107 Å². The van der Waals surface area contributed by atoms with Gasteiger partial charge in [-0.25, -0.2) is 0 Å². The molecule has 2 rings (SSSR count). The summed E-state index contributed by atoms with van der Waals surface area (Å²) in [7, 11) is 0. The van der Waals surface area contributed by atoms with Gasteiger partial charge in [-0.1, -0.05) is 29.3 Å². The van der Waals surface area contributed by atoms with E-state index in [-0.39, 0.29) is 0 Å². The number of hydrogen-bond donors (Lipinski definition) is 1. The van der Waals surface area contributed by atoms with Crippen LogP contribution in [-0.4, -0.2) is 5.11 Å². The molecule has 1 nitrogen and oxygen atoms in total. The highest BCUT2D eigenvalue weighted by molar-refractivity contribution is 7.12. The van der Waals surface area contributed by atoms with Crippen molar-refractivity contribution in [3.63, 3.8) is 0 Å². The molecule has 0 saturated carbocycles. The van der Waals surface area contributed by atoms with Gasteiger partial charge in [-0.2, -0.15) is 0 Å². The first-order valence-electron chi connectivity index (χ1n) is 5.77. The van der Waals surface area contributed by atoms with Gasteiger partial charge in [-0.3, -0.25) is 0 Å². The van der Waals surface area contributed by atoms with Gasteiger partial charge in [0.05, 0.1) is 0 Å². The van der Waals surface area contributed by atoms with Gasteiger partial charge < -0.3 is 5.11 Å². The molecule has 2 aromatic rings. The molecule has 0 fully saturated rings. The minimum absolute atomic E-state index is 0.893. The van der Waals surface area contributed by atoms with Crippen molar-refractivity contribution in [1.29, 1.82) is 0 Å². The Balaban J connectivity index is 2.50. The fourth-order valence-corrected chi connectivity index (χ4v) is 3.03. The van der Waals surface area contributed by atoms with Crippen LogP contribution in [0.4, 0.5) is 0 Å². The van der Waals surface area contributed by atoms with E-state index in [4.69, 9.17) is 0 Å². The monoisotopic (exact) mass is 246 g/mol. The van der Waals surface area contributed by atoms with Gasteiger partial charge in [-0.15, -0.1) is 11.3 Å². The van der Waals surface area contributed by atoms with Crippen LogP contribution < -0.4 is 0 Å². The quantitative estimate of drug-likeness (QED) is 0.851. The molecule has 2 heteroatoms. The maximum atomic E-state index is 10.7. The van der Waals surface area contributed by atoms with Gasteiger partial charge in [0, 0.05) is 9.75 Å². The van der Waals surface area contributed by atoms with Gasteiger partial charge in [0.25, 0.3) is 0 Å². The van der Waals surface area contributed by atoms with Gasteiger partial charge in [0.2, 0.25) is 0 Å². The second kappa shape index (κ2) is 4.28. The van der Waals surface area contributed by atoms with E-state index in [1.807, 2.05) is 13.0 Å². The molecular weight excluding hydrogens is 228 g/mol. The highest BCUT2D eigenvalue weighted by atomic mass is 32.1. The number of aliphatic hydroxyl groups is 1. The van der Waals surface area contributed by atoms with Crippen molar-refractivity contribution in [3.05, 3.63) is 56.8 Å². The summed E-state index contributed by atoms with van der Waals surface area (Å²) in [5, 5.41) is 10.7. The summed E-state index contributed by atoms with van der Waals surface area (Å²) in [5.74, 6) is 0. The van der Waals surface area contributed by atoms with E-state index in [1.54, 1.807) is 11.3 Å². The van der Waals surface area contributed by atoms with E-state index >= 15 is 0 Å². The van der Waals surface area contributed by atoms with Crippen molar-refractivity contribution in [3.8, 4) is 0 Å². The minimum atomic E-state index is -0.893. The van der Waals surface area contributed by atoms with Crippen molar-refractivity contribution < 1.29 is 5.11 Å². The molecule has 0 aliphatic heterocycles. The van der Waals surface area contributed by atoms with Crippen molar-refractivity contribution in [1.82, 2.24) is 0 Å². The maximum Gasteiger partial charge on any atom is 0.121 e. The molecule has 0 bridgehead atoms. The first kappa shape index (κ1) is 12.3. The van der Waals surface area contributed by atoms with Crippen molar-refractivity contribution in [2.24, 2.45) is 0 Å². The molecule has 0 saturated heterocycles. The number of hydrogen-bond acceptors (Lipinski definition) is 2. The average Bonchev–Trinajstić information content (AvgIpc) is 2.64. The molecule has 0 radical (unpaired) electrons. The highest BCUT2D eigenvalue weighted by Crippen LogP contribution is 2.34. The van der Waals surface area contributed by atoms with Crippen LogP contribution in [0.25, 0.3) is 0 Å². The Bertz CT molecular complexity index is 517. The summed E-state index contributed by atoms with van der Waals surface area (Å²) in [5.41, 5.74) is 2.45. The first-order chi connectivity index (χ1) is 7.89. The van der Waals surface area contributed by atoms with Crippen molar-refractivity contribution in [2.75, 3.05) is 0 Å². The van der Waals surface area contributed by atoms with E-state index in [1.165, 1.54) is 16.0 Å². The Kier molecular flexibility index (Phi) is 3.11. The normalized spacial score (nSPS) is 14.6. The lowest BCUT2D eigenvalue weighted by molar-refractivity contribution is 0.106. The zero-order valence-electron chi connectivity index (χ0n) is 10.7. The lowest BCUT2D eigenvalue weighted by atomic mass is 9.91. The summed E-state index contributed by atoms with van der Waals surface area (Å²) in [4.78, 5) is 2.23. The molecule has 1 N–H and O–H groups in total. The second-order valence-corrected chi connectivity index (χ2v) is 6.15. The fourth-order valence-electron chi connectivity index (χ4n) is 2.09. The molecule has 1 unspecified atom stereocenters. The molecule has 0 amide bonds. The van der Waals surface area contributed by atoms with E-state index in [0.717, 1.165) is 10.4 Å². The van der Waals surface area contributed by atoms with Crippen LogP contribution >= 0.6 is 11.3 Å². The molecule has 0 spiro atoms. The minimum Gasteiger partial charge on any atom is -0.380 e. The van der Waals surface area contributed by atoms with Crippen LogP contribution in [0.3, 0.4) is 0 Å². The summed E-state index contributed by atoms with van der Waals surface area (Å²) < 4.78 is 0. The standard InChI is InChI=1S/C15H18OS/c1-10-7-11(2)9-13(8-10)15(4,16)14-6-5-12(3)17-14/h5-9,16H,1-4H3. The van der Waals surface area contributed by atoms with Gasteiger partial charge in [0.15, 0.2) is 0 Å². The molecule has 90 valence electrons. The summed E-state index contributed by atoms with van der Waals surface area (Å²) in [6, 6.07) is 10.3. The van der Waals surface area contributed by atoms with Gasteiger partial charge >= 0.3 is 0 Å². The lowest BCUT2D eigenvalue weighted by Crippen LogP contribution is -2.21. The lowest BCUT2D eigenvalue weighted by Gasteiger charge is -2.23. The van der Waals surface area contributed by atoms with Crippen LogP contribution in [0.15, 0.2) is 30.3 Å². The number of aryl methyl sites for hydroxylation is 3. The van der Waals surface area contributed by atoms with Crippen molar-refractivity contribution in [2.45, 2.75) is 33.3 Å². The number of rotatable bonds is 2. The van der Waals surface area contributed by atoms with Gasteiger partial charge in [-0.05, 0) is 45.4 Å². The Morgan fingerprint density at radius 2 is 1.59 bits per heavy atom. The third-order valence-electron chi connectivity index (χ3n) is 3.00. The molecular formula is C15H18OS. The molecule has 1 aromatic carbocycles. The topological polar surface area (TPSA) is 20.2 Å². The summed E-state index contributed by atoms with van der Waals surface area (Å²) in [6.45, 7) is 8.05. The predicted molar refractivity (Wildman–Crippen MR) is 73.6 cm³/mol. The average molecular weight is 246 g/mol. The summed E-state index contributed by atoms with van der Waals surface area (Å²) >= 11 is 1.65. The third-order valence-corrected chi connectivity index (χ3v) is 4.22. The van der Waals surface area contributed by atoms with Crippen LogP contribution in [0.1, 0.15) is 33.4 Å². The van der Waals surface area contributed by atoms with Crippen LogP contribution in [0.5, 0.6) is 0 Å². The molecule has 1 atom stereocenters. The SMILES string of the molecule is Cc1cc(C)cc(C(C)(O)c2ccc(C)s2)c1. The predicted octanol–water partition coefficient (Wildman–Crippen LogP) is 3.93. The van der Waals surface area contributed by atoms with Crippen LogP contribution in [0.2, 0.25) is 0 Å². The largest absolute Gasteiger partial charge is 0.380 e. The molecule has 1 aromatic heterocycles. The van der Waals surface area contributed by atoms with E-state index in [2.05, 4.69) is 45.0 Å². The van der Waals surface area contributed by atoms with Crippen molar-refractivity contribution >= 4 is 11.3 Å². The van der Waals surface area contributed by atoms with E-state index in [9.17, 15) is 5.11 Å². The Morgan fingerprint density at radius 3 is 2.06 bits per heavy atom. The molecule has 0 aliphatic rings. The molecule has 1 heterocycles. The third kappa shape index (κ3) is 2.43. The highest BCUT2D eigenvalue weighted by Gasteiger charge is 2.27. The molecule has 0 aliphatic carbocycles. The Hall–Kier alpha value is -1.12. The Morgan fingerprint density at radius 1 is 1.00 bits per heavy atom. The van der Waals surface area contributed by atoms with Crippen LogP contribution in [-0.2, 0) is 5.60 Å². The maximum absolute atomic E-state index is 10.7. The smallest absolute Gasteiger partial charge is 0.121 e. The summed E-state index contributed by atoms with van der Waals surface area (Å²) in [6.07, 6.45) is 0. The number of thiophene rings is 1. The number of benzene rings is 1.